The van der Waals surface area contributed by atoms with Crippen molar-refractivity contribution in [2.24, 2.45) is 0 Å². The summed E-state index contributed by atoms with van der Waals surface area (Å²) in [6.07, 6.45) is 7.98. The third-order valence-electron chi connectivity index (χ3n) is 4.54. The van der Waals surface area contributed by atoms with Gasteiger partial charge in [0.2, 0.25) is 0 Å². The van der Waals surface area contributed by atoms with Gasteiger partial charge in [0.25, 0.3) is 0 Å². The molecule has 0 N–H and O–H groups in total. The molecule has 3 aromatic carbocycles. The number of rotatable bonds is 8. The van der Waals surface area contributed by atoms with E-state index in [2.05, 4.69) is 105 Å². The standard InChI is InChI=1S/C18H15P.C8H17.Ni/c1-4-10-16(11-5-1)19(17-12-6-2-7-13-17)18-14-8-3-9-15-18;1-3-5-7-8-6-4-2;/h1-15H;1,3-8H2,2H3;/q;-1;/p+1. The number of hydrogen-bond acceptors (Lipinski definition) is 0. The van der Waals surface area contributed by atoms with Gasteiger partial charge in [0, 0.05) is 16.5 Å². The average molecular weight is 435 g/mol. The van der Waals surface area contributed by atoms with Crippen LogP contribution in [0.15, 0.2) is 91.0 Å². The molecule has 0 aliphatic heterocycles. The molecular formula is C26H33NiP. The van der Waals surface area contributed by atoms with Crippen molar-refractivity contribution in [3.8, 4) is 0 Å². The largest absolute Gasteiger partial charge is 0.343 e. The predicted octanol–water partition coefficient (Wildman–Crippen LogP) is 6.36. The van der Waals surface area contributed by atoms with E-state index in [1.807, 2.05) is 0 Å². The summed E-state index contributed by atoms with van der Waals surface area (Å²) in [7, 11) is -0.877. The van der Waals surface area contributed by atoms with Crippen LogP contribution in [0.25, 0.3) is 0 Å². The Kier molecular flexibility index (Phi) is 13.6. The molecule has 28 heavy (non-hydrogen) atoms. The summed E-state index contributed by atoms with van der Waals surface area (Å²) in [5, 5.41) is 4.31. The van der Waals surface area contributed by atoms with Gasteiger partial charge in [-0.05, 0) is 36.4 Å². The summed E-state index contributed by atoms with van der Waals surface area (Å²) < 4.78 is 0. The fourth-order valence-electron chi connectivity index (χ4n) is 3.09. The molecule has 0 aliphatic carbocycles. The Morgan fingerprint density at radius 2 is 0.929 bits per heavy atom. The smallest absolute Gasteiger partial charge is 0.102 e. The second-order valence-electron chi connectivity index (χ2n) is 6.74. The fraction of sp³-hybridized carbons (Fsp3) is 0.269. The van der Waals surface area contributed by atoms with Crippen LogP contribution in [0.5, 0.6) is 0 Å². The average Bonchev–Trinajstić information content (AvgIpc) is 2.74. The Morgan fingerprint density at radius 1 is 0.571 bits per heavy atom. The van der Waals surface area contributed by atoms with Gasteiger partial charge in [-0.1, -0.05) is 93.6 Å². The van der Waals surface area contributed by atoms with Crippen molar-refractivity contribution in [2.75, 3.05) is 0 Å². The first-order chi connectivity index (χ1) is 13.4. The van der Waals surface area contributed by atoms with Gasteiger partial charge in [0.1, 0.15) is 15.9 Å². The van der Waals surface area contributed by atoms with E-state index in [1.54, 1.807) is 0 Å². The summed E-state index contributed by atoms with van der Waals surface area (Å²) >= 11 is 0. The molecular weight excluding hydrogens is 402 g/mol. The number of benzene rings is 3. The van der Waals surface area contributed by atoms with Crippen LogP contribution in [-0.4, -0.2) is 0 Å². The van der Waals surface area contributed by atoms with Crippen LogP contribution in [0.4, 0.5) is 0 Å². The Hall–Kier alpha value is -1.42. The van der Waals surface area contributed by atoms with Gasteiger partial charge >= 0.3 is 0 Å². The number of hydrogen-bond donors (Lipinski definition) is 0. The molecule has 0 aromatic heterocycles. The minimum Gasteiger partial charge on any atom is -0.343 e. The van der Waals surface area contributed by atoms with Crippen LogP contribution in [0, 0.1) is 6.92 Å². The zero-order valence-corrected chi connectivity index (χ0v) is 18.9. The van der Waals surface area contributed by atoms with Crippen LogP contribution in [-0.2, 0) is 16.5 Å². The Labute approximate surface area is 183 Å². The number of unbranched alkanes of at least 4 members (excludes halogenated alkanes) is 5. The van der Waals surface area contributed by atoms with Crippen molar-refractivity contribution >= 4 is 23.8 Å². The molecule has 0 spiro atoms. The summed E-state index contributed by atoms with van der Waals surface area (Å²) in [5.41, 5.74) is 0. The second kappa shape index (κ2) is 15.5. The first-order valence-electron chi connectivity index (χ1n) is 10.2. The molecule has 0 fully saturated rings. The summed E-state index contributed by atoms with van der Waals surface area (Å²) in [4.78, 5) is 0. The zero-order chi connectivity index (χ0) is 19.2. The maximum Gasteiger partial charge on any atom is 0.102 e. The van der Waals surface area contributed by atoms with Crippen molar-refractivity contribution in [3.63, 3.8) is 0 Å². The molecule has 0 amide bonds. The first-order valence-corrected chi connectivity index (χ1v) is 11.7. The Morgan fingerprint density at radius 3 is 1.25 bits per heavy atom. The normalized spacial score (nSPS) is 9.96. The van der Waals surface area contributed by atoms with Crippen molar-refractivity contribution in [3.05, 3.63) is 97.9 Å². The van der Waals surface area contributed by atoms with Gasteiger partial charge in [-0.25, -0.2) is 0 Å². The van der Waals surface area contributed by atoms with E-state index in [0.717, 1.165) is 6.42 Å². The second-order valence-corrected chi connectivity index (χ2v) is 9.22. The third kappa shape index (κ3) is 8.73. The quantitative estimate of drug-likeness (QED) is 0.167. The van der Waals surface area contributed by atoms with E-state index >= 15 is 0 Å². The van der Waals surface area contributed by atoms with Crippen LogP contribution in [0.3, 0.4) is 0 Å². The van der Waals surface area contributed by atoms with Gasteiger partial charge in [0.15, 0.2) is 0 Å². The molecule has 0 aliphatic rings. The fourth-order valence-corrected chi connectivity index (χ4v) is 5.67. The van der Waals surface area contributed by atoms with E-state index < -0.39 is 7.92 Å². The molecule has 152 valence electrons. The van der Waals surface area contributed by atoms with Gasteiger partial charge in [-0.15, -0.1) is 0 Å². The summed E-state index contributed by atoms with van der Waals surface area (Å²) in [6.45, 7) is 6.02. The van der Waals surface area contributed by atoms with Crippen molar-refractivity contribution in [1.29, 1.82) is 0 Å². The van der Waals surface area contributed by atoms with Crippen LogP contribution in [0.1, 0.15) is 45.4 Å². The van der Waals surface area contributed by atoms with Gasteiger partial charge in [-0.3, -0.25) is 0 Å². The van der Waals surface area contributed by atoms with Crippen LogP contribution >= 0.6 is 7.92 Å². The SMILES string of the molecule is [CH2-]CCCCCCC.[Ni].c1ccc([PH+](c2ccccc2)c2ccccc2)cc1. The minimum absolute atomic E-state index is 0. The monoisotopic (exact) mass is 434 g/mol. The van der Waals surface area contributed by atoms with E-state index in [1.165, 1.54) is 48.0 Å². The third-order valence-corrected chi connectivity index (χ3v) is 7.27. The van der Waals surface area contributed by atoms with Crippen molar-refractivity contribution in [2.45, 2.75) is 45.4 Å². The maximum absolute atomic E-state index is 3.78. The predicted molar refractivity (Wildman–Crippen MR) is 125 cm³/mol. The Bertz CT molecular complexity index is 613. The van der Waals surface area contributed by atoms with E-state index in [-0.39, 0.29) is 16.5 Å². The van der Waals surface area contributed by atoms with Crippen molar-refractivity contribution in [1.82, 2.24) is 0 Å². The molecule has 0 atom stereocenters. The zero-order valence-electron chi connectivity index (χ0n) is 16.9. The van der Waals surface area contributed by atoms with Crippen LogP contribution in [0.2, 0.25) is 0 Å². The summed E-state index contributed by atoms with van der Waals surface area (Å²) in [5.74, 6) is 0. The van der Waals surface area contributed by atoms with Crippen LogP contribution < -0.4 is 15.9 Å². The summed E-state index contributed by atoms with van der Waals surface area (Å²) in [6, 6.07) is 32.5. The maximum atomic E-state index is 3.78. The Balaban J connectivity index is 0.000000376. The van der Waals surface area contributed by atoms with E-state index in [4.69, 9.17) is 0 Å². The molecule has 0 saturated carbocycles. The van der Waals surface area contributed by atoms with Crippen molar-refractivity contribution < 1.29 is 16.5 Å². The van der Waals surface area contributed by atoms with Gasteiger partial charge in [0.05, 0.1) is 7.92 Å². The molecule has 0 bridgehead atoms. The topological polar surface area (TPSA) is 0 Å². The molecule has 0 nitrogen and oxygen atoms in total. The molecule has 3 rings (SSSR count). The molecule has 0 radical (unpaired) electrons. The molecule has 2 heteroatoms. The molecule has 0 saturated heterocycles. The molecule has 0 heterocycles. The first kappa shape index (κ1) is 24.6. The molecule has 0 unspecified atom stereocenters. The minimum atomic E-state index is -0.877. The van der Waals surface area contributed by atoms with E-state index in [9.17, 15) is 0 Å². The van der Waals surface area contributed by atoms with E-state index in [0.29, 0.717) is 0 Å². The van der Waals surface area contributed by atoms with Gasteiger partial charge < -0.3 is 6.92 Å². The molecule has 3 aromatic rings. The van der Waals surface area contributed by atoms with Gasteiger partial charge in [-0.2, -0.15) is 6.42 Å².